The van der Waals surface area contributed by atoms with Crippen molar-refractivity contribution in [1.29, 1.82) is 0 Å². The van der Waals surface area contributed by atoms with Crippen molar-refractivity contribution in [3.8, 4) is 44.6 Å². The van der Waals surface area contributed by atoms with Crippen LogP contribution in [0.5, 0.6) is 0 Å². The van der Waals surface area contributed by atoms with Crippen molar-refractivity contribution in [2.24, 2.45) is 0 Å². The van der Waals surface area contributed by atoms with Crippen molar-refractivity contribution >= 4 is 32.3 Å². The molecule has 2 heteroatoms. The van der Waals surface area contributed by atoms with Gasteiger partial charge in [-0.3, -0.25) is 9.97 Å². The van der Waals surface area contributed by atoms with Crippen molar-refractivity contribution in [3.05, 3.63) is 158 Å². The summed E-state index contributed by atoms with van der Waals surface area (Å²) in [5.74, 6) is 0. The highest BCUT2D eigenvalue weighted by Gasteiger charge is 2.18. The van der Waals surface area contributed by atoms with Gasteiger partial charge in [0.15, 0.2) is 0 Å². The van der Waals surface area contributed by atoms with Gasteiger partial charge in [0.05, 0.1) is 5.69 Å². The number of aryl methyl sites for hydroxylation is 1. The minimum absolute atomic E-state index is 0.964. The molecule has 0 amide bonds. The van der Waals surface area contributed by atoms with E-state index in [1.54, 1.807) is 0 Å². The van der Waals surface area contributed by atoms with Gasteiger partial charge >= 0.3 is 0 Å². The molecule has 0 N–H and O–H groups in total. The highest BCUT2D eigenvalue weighted by atomic mass is 14.7. The molecule has 6 aromatic carbocycles. The van der Waals surface area contributed by atoms with Gasteiger partial charge in [0.25, 0.3) is 0 Å². The largest absolute Gasteiger partial charge is 0.265 e. The van der Waals surface area contributed by atoms with E-state index in [2.05, 4.69) is 133 Å². The average molecular weight is 563 g/mol. The van der Waals surface area contributed by atoms with Gasteiger partial charge in [0.2, 0.25) is 0 Å². The quantitative estimate of drug-likeness (QED) is 0.195. The van der Waals surface area contributed by atoms with Crippen LogP contribution >= 0.6 is 0 Å². The van der Waals surface area contributed by atoms with Crippen molar-refractivity contribution < 1.29 is 0 Å². The lowest BCUT2D eigenvalue weighted by atomic mass is 9.84. The molecule has 0 aliphatic rings. The van der Waals surface area contributed by atoms with E-state index < -0.39 is 0 Å². The fraction of sp³-hybridized carbons (Fsp3) is 0.0476. The summed E-state index contributed by atoms with van der Waals surface area (Å²) in [4.78, 5) is 9.06. The normalized spacial score (nSPS) is 11.4. The van der Waals surface area contributed by atoms with Crippen LogP contribution in [0.2, 0.25) is 0 Å². The zero-order chi connectivity index (χ0) is 29.5. The molecule has 0 spiro atoms. The number of nitrogens with zero attached hydrogens (tertiary/aromatic N) is 2. The summed E-state index contributed by atoms with van der Waals surface area (Å²) in [6, 6.07) is 48.4. The maximum atomic E-state index is 4.91. The van der Waals surface area contributed by atoms with Gasteiger partial charge in [-0.25, -0.2) is 0 Å². The van der Waals surface area contributed by atoms with Gasteiger partial charge in [0.1, 0.15) is 0 Å². The lowest BCUT2D eigenvalue weighted by molar-refractivity contribution is 1.14. The smallest absolute Gasteiger partial charge is 0.0708 e. The SMILES string of the molecule is CCc1ccc(-c2c3ccccc3c(-c3cccc4c(-c5ccc(-c6ccncc6)cn5)cccc34)c3ccccc23)cc1. The molecule has 0 radical (unpaired) electrons. The summed E-state index contributed by atoms with van der Waals surface area (Å²) in [7, 11) is 0. The van der Waals surface area contributed by atoms with Crippen LogP contribution in [0.3, 0.4) is 0 Å². The summed E-state index contributed by atoms with van der Waals surface area (Å²) in [5, 5.41) is 7.48. The molecule has 0 saturated heterocycles. The Morgan fingerprint density at radius 2 is 0.977 bits per heavy atom. The third kappa shape index (κ3) is 4.35. The standard InChI is InChI=1S/C42H30N2/c1-2-28-17-19-30(20-18-28)41-36-9-3-5-11-38(36)42(39-12-6-4-10-37(39)41)35-16-8-13-32-33(35)14-7-15-34(32)40-22-21-31(27-44-40)29-23-25-43-26-24-29/h3-27H,2H2,1H3. The van der Waals surface area contributed by atoms with E-state index in [1.165, 1.54) is 60.1 Å². The molecule has 0 bridgehead atoms. The Kier molecular flexibility index (Phi) is 6.46. The van der Waals surface area contributed by atoms with Gasteiger partial charge in [0, 0.05) is 29.7 Å². The molecule has 8 rings (SSSR count). The van der Waals surface area contributed by atoms with E-state index in [0.717, 1.165) is 28.8 Å². The molecule has 2 nitrogen and oxygen atoms in total. The Balaban J connectivity index is 1.36. The van der Waals surface area contributed by atoms with Crippen LogP contribution < -0.4 is 0 Å². The Bertz CT molecular complexity index is 2230. The predicted octanol–water partition coefficient (Wildman–Crippen LogP) is 11.2. The second-order valence-corrected chi connectivity index (χ2v) is 11.3. The zero-order valence-electron chi connectivity index (χ0n) is 24.5. The van der Waals surface area contributed by atoms with Crippen LogP contribution in [0.15, 0.2) is 152 Å². The second-order valence-electron chi connectivity index (χ2n) is 11.3. The Hall–Kier alpha value is -5.60. The summed E-state index contributed by atoms with van der Waals surface area (Å²) >= 11 is 0. The second kappa shape index (κ2) is 10.9. The molecule has 0 unspecified atom stereocenters. The number of rotatable bonds is 5. The summed E-state index contributed by atoms with van der Waals surface area (Å²) < 4.78 is 0. The fourth-order valence-electron chi connectivity index (χ4n) is 6.66. The maximum absolute atomic E-state index is 4.91. The van der Waals surface area contributed by atoms with E-state index in [0.29, 0.717) is 0 Å². The summed E-state index contributed by atoms with van der Waals surface area (Å²) in [5.41, 5.74) is 10.7. The van der Waals surface area contributed by atoms with Crippen LogP contribution in [-0.4, -0.2) is 9.97 Å². The highest BCUT2D eigenvalue weighted by molar-refractivity contribution is 6.24. The molecule has 2 aromatic heterocycles. The predicted molar refractivity (Wildman–Crippen MR) is 186 cm³/mol. The number of aromatic nitrogens is 2. The first-order chi connectivity index (χ1) is 21.8. The Morgan fingerprint density at radius 3 is 1.57 bits per heavy atom. The van der Waals surface area contributed by atoms with Crippen molar-refractivity contribution in [2.45, 2.75) is 13.3 Å². The monoisotopic (exact) mass is 562 g/mol. The number of hydrogen-bond donors (Lipinski definition) is 0. The summed E-state index contributed by atoms with van der Waals surface area (Å²) in [6.45, 7) is 2.21. The summed E-state index contributed by atoms with van der Waals surface area (Å²) in [6.07, 6.45) is 6.63. The third-order valence-corrected chi connectivity index (χ3v) is 8.83. The van der Waals surface area contributed by atoms with Gasteiger partial charge < -0.3 is 0 Å². The van der Waals surface area contributed by atoms with Crippen molar-refractivity contribution in [1.82, 2.24) is 9.97 Å². The van der Waals surface area contributed by atoms with E-state index in [4.69, 9.17) is 4.98 Å². The lowest BCUT2D eigenvalue weighted by Crippen LogP contribution is -1.93. The first-order valence-electron chi connectivity index (χ1n) is 15.2. The number of benzene rings is 6. The molecule has 8 aromatic rings. The van der Waals surface area contributed by atoms with Crippen molar-refractivity contribution in [2.75, 3.05) is 0 Å². The third-order valence-electron chi connectivity index (χ3n) is 8.83. The van der Waals surface area contributed by atoms with Crippen molar-refractivity contribution in [3.63, 3.8) is 0 Å². The van der Waals surface area contributed by atoms with Gasteiger partial charge in [-0.1, -0.05) is 122 Å². The van der Waals surface area contributed by atoms with Crippen LogP contribution in [0.4, 0.5) is 0 Å². The molecule has 0 fully saturated rings. The fourth-order valence-corrected chi connectivity index (χ4v) is 6.66. The van der Waals surface area contributed by atoms with Gasteiger partial charge in [-0.05, 0) is 90.3 Å². The molecule has 0 atom stereocenters. The van der Waals surface area contributed by atoms with Gasteiger partial charge in [-0.2, -0.15) is 0 Å². The topological polar surface area (TPSA) is 25.8 Å². The van der Waals surface area contributed by atoms with Crippen LogP contribution in [0, 0.1) is 0 Å². The maximum Gasteiger partial charge on any atom is 0.0708 e. The molecule has 2 heterocycles. The zero-order valence-corrected chi connectivity index (χ0v) is 24.5. The molecule has 0 saturated carbocycles. The molecular weight excluding hydrogens is 532 g/mol. The number of hydrogen-bond acceptors (Lipinski definition) is 2. The van der Waals surface area contributed by atoms with Crippen LogP contribution in [-0.2, 0) is 6.42 Å². The number of pyridine rings is 2. The molecular formula is C42H30N2. The van der Waals surface area contributed by atoms with E-state index in [-0.39, 0.29) is 0 Å². The van der Waals surface area contributed by atoms with Gasteiger partial charge in [-0.15, -0.1) is 0 Å². The first-order valence-corrected chi connectivity index (χ1v) is 15.2. The Morgan fingerprint density at radius 1 is 0.432 bits per heavy atom. The molecule has 208 valence electrons. The van der Waals surface area contributed by atoms with Crippen LogP contribution in [0.1, 0.15) is 12.5 Å². The molecule has 0 aliphatic heterocycles. The van der Waals surface area contributed by atoms with E-state index in [1.807, 2.05) is 30.7 Å². The minimum Gasteiger partial charge on any atom is -0.265 e. The highest BCUT2D eigenvalue weighted by Crippen LogP contribution is 2.46. The molecule has 0 aliphatic carbocycles. The first kappa shape index (κ1) is 26.1. The average Bonchev–Trinajstić information content (AvgIpc) is 3.10. The van der Waals surface area contributed by atoms with Crippen LogP contribution in [0.25, 0.3) is 77.0 Å². The van der Waals surface area contributed by atoms with E-state index >= 15 is 0 Å². The number of fused-ring (bicyclic) bond motifs is 3. The van der Waals surface area contributed by atoms with E-state index in [9.17, 15) is 0 Å². The Labute approximate surface area is 257 Å². The lowest BCUT2D eigenvalue weighted by Gasteiger charge is -2.19. The minimum atomic E-state index is 0.964. The molecule has 44 heavy (non-hydrogen) atoms.